The molecule has 0 unspecified atom stereocenters. The number of nitrogens with one attached hydrogen (secondary N) is 2. The fourth-order valence-corrected chi connectivity index (χ4v) is 2.49. The monoisotopic (exact) mass is 279 g/mol. The van der Waals surface area contributed by atoms with Crippen LogP contribution in [-0.4, -0.2) is 16.1 Å². The number of nitrogens with zero attached hydrogens (tertiary/aromatic N) is 1. The van der Waals surface area contributed by atoms with Crippen molar-refractivity contribution in [3.63, 3.8) is 0 Å². The summed E-state index contributed by atoms with van der Waals surface area (Å²) in [5, 5.41) is 6.65. The van der Waals surface area contributed by atoms with E-state index in [2.05, 4.69) is 43.3 Å². The zero-order valence-corrected chi connectivity index (χ0v) is 13.0. The van der Waals surface area contributed by atoms with Gasteiger partial charge in [0.05, 0.1) is 0 Å². The molecular weight excluding hydrogens is 253 g/mol. The van der Waals surface area contributed by atoms with E-state index in [1.807, 2.05) is 0 Å². The molecule has 3 nitrogen and oxygen atoms in total. The van der Waals surface area contributed by atoms with E-state index in [0.717, 1.165) is 19.3 Å². The zero-order valence-electron chi connectivity index (χ0n) is 13.0. The summed E-state index contributed by atoms with van der Waals surface area (Å²) < 4.78 is 14.5. The minimum Gasteiger partial charge on any atom is -0.362 e. The normalized spacial score (nSPS) is 17.6. The first-order valence-electron chi connectivity index (χ1n) is 7.52. The predicted octanol–water partition coefficient (Wildman–Crippen LogP) is 3.85. The molecule has 0 aromatic carbocycles. The van der Waals surface area contributed by atoms with Crippen LogP contribution in [0, 0.1) is 5.82 Å². The van der Waals surface area contributed by atoms with Gasteiger partial charge in [-0.2, -0.15) is 0 Å². The SMILES string of the molecule is CCC1(Nc2nccc(CNC(C)(C)C)c2F)CCC1. The third-order valence-electron chi connectivity index (χ3n) is 4.15. The molecule has 1 heterocycles. The van der Waals surface area contributed by atoms with E-state index in [1.54, 1.807) is 12.3 Å². The number of pyridine rings is 1. The van der Waals surface area contributed by atoms with Crippen molar-refractivity contribution in [1.29, 1.82) is 0 Å². The molecule has 1 aliphatic carbocycles. The largest absolute Gasteiger partial charge is 0.362 e. The van der Waals surface area contributed by atoms with Gasteiger partial charge in [-0.15, -0.1) is 0 Å². The van der Waals surface area contributed by atoms with Gasteiger partial charge in [-0.3, -0.25) is 0 Å². The van der Waals surface area contributed by atoms with Gasteiger partial charge >= 0.3 is 0 Å². The topological polar surface area (TPSA) is 37.0 Å². The van der Waals surface area contributed by atoms with Crippen molar-refractivity contribution in [2.45, 2.75) is 71.0 Å². The Balaban J connectivity index is 2.11. The highest BCUT2D eigenvalue weighted by molar-refractivity contribution is 5.43. The van der Waals surface area contributed by atoms with Crippen molar-refractivity contribution in [3.8, 4) is 0 Å². The summed E-state index contributed by atoms with van der Waals surface area (Å²) in [6.07, 6.45) is 6.13. The second-order valence-electron chi connectivity index (χ2n) is 6.85. The molecular formula is C16H26FN3. The van der Waals surface area contributed by atoms with Crippen LogP contribution in [0.15, 0.2) is 12.3 Å². The zero-order chi connectivity index (χ0) is 14.8. The van der Waals surface area contributed by atoms with Gasteiger partial charge in [0.1, 0.15) is 0 Å². The van der Waals surface area contributed by atoms with E-state index >= 15 is 0 Å². The highest BCUT2D eigenvalue weighted by Gasteiger charge is 2.36. The Hall–Kier alpha value is -1.16. The second kappa shape index (κ2) is 5.68. The fraction of sp³-hybridized carbons (Fsp3) is 0.688. The summed E-state index contributed by atoms with van der Waals surface area (Å²) in [7, 11) is 0. The lowest BCUT2D eigenvalue weighted by molar-refractivity contribution is 0.267. The maximum absolute atomic E-state index is 14.5. The highest BCUT2D eigenvalue weighted by atomic mass is 19.1. The molecule has 20 heavy (non-hydrogen) atoms. The molecule has 0 bridgehead atoms. The Morgan fingerprint density at radius 3 is 2.55 bits per heavy atom. The maximum atomic E-state index is 14.5. The summed E-state index contributed by atoms with van der Waals surface area (Å²) in [6, 6.07) is 1.75. The van der Waals surface area contributed by atoms with Crippen LogP contribution in [0.25, 0.3) is 0 Å². The number of hydrogen-bond acceptors (Lipinski definition) is 3. The molecule has 0 aliphatic heterocycles. The fourth-order valence-electron chi connectivity index (χ4n) is 2.49. The lowest BCUT2D eigenvalue weighted by atomic mass is 9.75. The maximum Gasteiger partial charge on any atom is 0.169 e. The minimum atomic E-state index is -0.219. The first-order chi connectivity index (χ1) is 9.35. The van der Waals surface area contributed by atoms with Gasteiger partial charge in [0.25, 0.3) is 0 Å². The standard InChI is InChI=1S/C16H26FN3/c1-5-16(8-6-9-16)20-14-13(17)12(7-10-18-14)11-19-15(2,3)4/h7,10,19H,5-6,8-9,11H2,1-4H3,(H,18,20). The van der Waals surface area contributed by atoms with Gasteiger partial charge in [0.15, 0.2) is 11.6 Å². The number of aromatic nitrogens is 1. The van der Waals surface area contributed by atoms with Crippen molar-refractivity contribution in [2.24, 2.45) is 0 Å². The smallest absolute Gasteiger partial charge is 0.169 e. The molecule has 2 N–H and O–H groups in total. The molecule has 1 aromatic rings. The Morgan fingerprint density at radius 1 is 1.35 bits per heavy atom. The third kappa shape index (κ3) is 3.48. The molecule has 0 amide bonds. The van der Waals surface area contributed by atoms with Crippen molar-refractivity contribution in [3.05, 3.63) is 23.6 Å². The number of halogens is 1. The van der Waals surface area contributed by atoms with Gasteiger partial charge in [0.2, 0.25) is 0 Å². The molecule has 1 aliphatic rings. The Bertz CT molecular complexity index is 456. The van der Waals surface area contributed by atoms with Gasteiger partial charge in [-0.25, -0.2) is 9.37 Å². The van der Waals surface area contributed by atoms with Gasteiger partial charge in [-0.05, 0) is 52.5 Å². The average molecular weight is 279 g/mol. The Kier molecular flexibility index (Phi) is 4.33. The van der Waals surface area contributed by atoms with Crippen LogP contribution in [-0.2, 0) is 6.54 Å². The molecule has 0 spiro atoms. The molecule has 112 valence electrons. The van der Waals surface area contributed by atoms with Crippen molar-refractivity contribution < 1.29 is 4.39 Å². The predicted molar refractivity (Wildman–Crippen MR) is 81.3 cm³/mol. The lowest BCUT2D eigenvalue weighted by Crippen LogP contribution is -2.44. The van der Waals surface area contributed by atoms with Gasteiger partial charge in [0, 0.05) is 29.4 Å². The third-order valence-corrected chi connectivity index (χ3v) is 4.15. The molecule has 1 aromatic heterocycles. The molecule has 4 heteroatoms. The van der Waals surface area contributed by atoms with Crippen LogP contribution >= 0.6 is 0 Å². The summed E-state index contributed by atoms with van der Waals surface area (Å²) in [5.41, 5.74) is 0.703. The molecule has 0 saturated heterocycles. The Morgan fingerprint density at radius 2 is 2.05 bits per heavy atom. The summed E-state index contributed by atoms with van der Waals surface area (Å²) in [5.74, 6) is 0.184. The van der Waals surface area contributed by atoms with E-state index in [9.17, 15) is 4.39 Å². The quantitative estimate of drug-likeness (QED) is 0.859. The van der Waals surface area contributed by atoms with E-state index in [-0.39, 0.29) is 16.9 Å². The van der Waals surface area contributed by atoms with Crippen molar-refractivity contribution >= 4 is 5.82 Å². The molecule has 1 saturated carbocycles. The van der Waals surface area contributed by atoms with Crippen LogP contribution in [0.1, 0.15) is 58.9 Å². The van der Waals surface area contributed by atoms with E-state index < -0.39 is 0 Å². The number of rotatable bonds is 5. The van der Waals surface area contributed by atoms with Crippen LogP contribution in [0.4, 0.5) is 10.2 Å². The van der Waals surface area contributed by atoms with E-state index in [4.69, 9.17) is 0 Å². The first kappa shape index (κ1) is 15.2. The van der Waals surface area contributed by atoms with Crippen LogP contribution in [0.3, 0.4) is 0 Å². The average Bonchev–Trinajstić information content (AvgIpc) is 2.33. The minimum absolute atomic E-state index is 0.0259. The van der Waals surface area contributed by atoms with Gasteiger partial charge in [-0.1, -0.05) is 6.92 Å². The van der Waals surface area contributed by atoms with Crippen LogP contribution in [0.2, 0.25) is 0 Å². The first-order valence-corrected chi connectivity index (χ1v) is 7.52. The number of anilines is 1. The second-order valence-corrected chi connectivity index (χ2v) is 6.85. The molecule has 0 atom stereocenters. The lowest BCUT2D eigenvalue weighted by Gasteiger charge is -2.42. The Labute approximate surface area is 121 Å². The van der Waals surface area contributed by atoms with Crippen LogP contribution in [0.5, 0.6) is 0 Å². The number of hydrogen-bond donors (Lipinski definition) is 2. The summed E-state index contributed by atoms with van der Waals surface area (Å²) >= 11 is 0. The van der Waals surface area contributed by atoms with Crippen LogP contribution < -0.4 is 10.6 Å². The van der Waals surface area contributed by atoms with E-state index in [1.165, 1.54) is 6.42 Å². The van der Waals surface area contributed by atoms with Gasteiger partial charge < -0.3 is 10.6 Å². The summed E-state index contributed by atoms with van der Waals surface area (Å²) in [4.78, 5) is 4.18. The molecule has 2 rings (SSSR count). The molecule has 1 fully saturated rings. The van der Waals surface area contributed by atoms with Crippen molar-refractivity contribution in [1.82, 2.24) is 10.3 Å². The van der Waals surface area contributed by atoms with Crippen molar-refractivity contribution in [2.75, 3.05) is 5.32 Å². The summed E-state index contributed by atoms with van der Waals surface area (Å²) in [6.45, 7) is 8.89. The highest BCUT2D eigenvalue weighted by Crippen LogP contribution is 2.38. The molecule has 0 radical (unpaired) electrons. The van der Waals surface area contributed by atoms with E-state index in [0.29, 0.717) is 17.9 Å².